The average Bonchev–Trinajstić information content (AvgIpc) is 3.11. The average molecular weight is 317 g/mol. The van der Waals surface area contributed by atoms with Crippen LogP contribution in [0, 0.1) is 0 Å². The van der Waals surface area contributed by atoms with Crippen LogP contribution in [-0.2, 0) is 6.54 Å². The van der Waals surface area contributed by atoms with Crippen LogP contribution >= 0.6 is 11.3 Å². The van der Waals surface area contributed by atoms with Crippen molar-refractivity contribution in [2.24, 2.45) is 0 Å². The summed E-state index contributed by atoms with van der Waals surface area (Å²) in [5, 5.41) is 6.64. The van der Waals surface area contributed by atoms with Gasteiger partial charge in [-0.05, 0) is 37.7 Å². The van der Waals surface area contributed by atoms with Crippen molar-refractivity contribution < 1.29 is 9.47 Å². The molecule has 0 saturated carbocycles. The maximum atomic E-state index is 5.44. The van der Waals surface area contributed by atoms with Gasteiger partial charge in [-0.3, -0.25) is 4.90 Å². The lowest BCUT2D eigenvalue weighted by molar-refractivity contribution is 0.174. The van der Waals surface area contributed by atoms with E-state index in [0.29, 0.717) is 6.79 Å². The van der Waals surface area contributed by atoms with E-state index < -0.39 is 0 Å². The number of fused-ring (bicyclic) bond motifs is 1. The van der Waals surface area contributed by atoms with E-state index >= 15 is 0 Å². The van der Waals surface area contributed by atoms with Gasteiger partial charge in [-0.15, -0.1) is 11.3 Å². The van der Waals surface area contributed by atoms with Gasteiger partial charge < -0.3 is 14.8 Å². The molecule has 4 rings (SSSR count). The summed E-state index contributed by atoms with van der Waals surface area (Å²) < 4.78 is 10.8. The molecule has 1 fully saturated rings. The van der Waals surface area contributed by atoms with Gasteiger partial charge in [0.05, 0.1) is 5.69 Å². The van der Waals surface area contributed by atoms with Gasteiger partial charge >= 0.3 is 0 Å². The maximum Gasteiger partial charge on any atom is 0.231 e. The lowest BCUT2D eigenvalue weighted by atomic mass is 10.2. The van der Waals surface area contributed by atoms with Crippen LogP contribution in [0.25, 0.3) is 10.6 Å². The molecule has 0 unspecified atom stereocenters. The van der Waals surface area contributed by atoms with E-state index in [1.807, 2.05) is 18.2 Å². The van der Waals surface area contributed by atoms with Crippen molar-refractivity contribution in [1.29, 1.82) is 0 Å². The van der Waals surface area contributed by atoms with Crippen molar-refractivity contribution in [3.8, 4) is 22.1 Å². The van der Waals surface area contributed by atoms with Gasteiger partial charge in [-0.2, -0.15) is 0 Å². The summed E-state index contributed by atoms with van der Waals surface area (Å²) >= 11 is 1.69. The largest absolute Gasteiger partial charge is 0.454 e. The molecule has 2 aliphatic heterocycles. The lowest BCUT2D eigenvalue weighted by Gasteiger charge is -2.17. The highest BCUT2D eigenvalue weighted by Crippen LogP contribution is 2.36. The highest BCUT2D eigenvalue weighted by atomic mass is 32.1. The zero-order chi connectivity index (χ0) is 14.8. The fourth-order valence-corrected chi connectivity index (χ4v) is 3.64. The van der Waals surface area contributed by atoms with E-state index in [0.717, 1.165) is 60.5 Å². The molecule has 116 valence electrons. The van der Waals surface area contributed by atoms with Gasteiger partial charge in [0, 0.05) is 30.6 Å². The molecule has 2 aromatic rings. The minimum absolute atomic E-state index is 0.310. The normalized spacial score (nSPS) is 18.4. The third-order valence-electron chi connectivity index (χ3n) is 3.99. The zero-order valence-corrected chi connectivity index (χ0v) is 13.2. The summed E-state index contributed by atoms with van der Waals surface area (Å²) in [7, 11) is 0. The number of hydrogen-bond acceptors (Lipinski definition) is 6. The van der Waals surface area contributed by atoms with Crippen molar-refractivity contribution in [2.75, 3.05) is 33.0 Å². The summed E-state index contributed by atoms with van der Waals surface area (Å²) in [6, 6.07) is 6.02. The molecule has 0 spiro atoms. The first kappa shape index (κ1) is 14.0. The van der Waals surface area contributed by atoms with Crippen LogP contribution in [0.2, 0.25) is 0 Å². The topological polar surface area (TPSA) is 46.6 Å². The predicted molar refractivity (Wildman–Crippen MR) is 86.4 cm³/mol. The monoisotopic (exact) mass is 317 g/mol. The van der Waals surface area contributed by atoms with Gasteiger partial charge in [0.2, 0.25) is 6.79 Å². The van der Waals surface area contributed by atoms with Crippen LogP contribution in [0.5, 0.6) is 11.5 Å². The van der Waals surface area contributed by atoms with E-state index in [1.165, 1.54) is 6.42 Å². The Labute approximate surface area is 133 Å². The number of benzene rings is 1. The van der Waals surface area contributed by atoms with Crippen LogP contribution in [0.1, 0.15) is 12.1 Å². The number of aromatic nitrogens is 1. The summed E-state index contributed by atoms with van der Waals surface area (Å²) in [4.78, 5) is 7.26. The number of rotatable bonds is 3. The molecule has 0 aliphatic carbocycles. The standard InChI is InChI=1S/C16H19N3O2S/c1-4-17-5-7-19(6-1)9-13-10-22-16(18-13)12-2-3-14-15(8-12)21-11-20-14/h2-3,8,10,17H,1,4-7,9,11H2. The van der Waals surface area contributed by atoms with Crippen LogP contribution in [-0.4, -0.2) is 42.9 Å². The van der Waals surface area contributed by atoms with Crippen molar-refractivity contribution in [1.82, 2.24) is 15.2 Å². The second-order valence-corrected chi connectivity index (χ2v) is 6.45. The molecule has 3 heterocycles. The maximum absolute atomic E-state index is 5.44. The summed E-state index contributed by atoms with van der Waals surface area (Å²) in [5.74, 6) is 1.63. The number of nitrogens with zero attached hydrogens (tertiary/aromatic N) is 2. The highest BCUT2D eigenvalue weighted by molar-refractivity contribution is 7.13. The minimum atomic E-state index is 0.310. The Morgan fingerprint density at radius 2 is 2.14 bits per heavy atom. The molecule has 0 bridgehead atoms. The summed E-state index contributed by atoms with van der Waals surface area (Å²) in [5.41, 5.74) is 2.25. The number of hydrogen-bond donors (Lipinski definition) is 1. The molecule has 0 amide bonds. The third kappa shape index (κ3) is 2.95. The van der Waals surface area contributed by atoms with Crippen molar-refractivity contribution >= 4 is 11.3 Å². The van der Waals surface area contributed by atoms with Crippen LogP contribution in [0.4, 0.5) is 0 Å². The van der Waals surface area contributed by atoms with Crippen molar-refractivity contribution in [2.45, 2.75) is 13.0 Å². The van der Waals surface area contributed by atoms with Gasteiger partial charge in [0.25, 0.3) is 0 Å². The number of thiazole rings is 1. The molecule has 2 aliphatic rings. The molecule has 1 saturated heterocycles. The predicted octanol–water partition coefficient (Wildman–Crippen LogP) is 2.33. The Hall–Kier alpha value is -1.63. The van der Waals surface area contributed by atoms with Gasteiger partial charge in [0.15, 0.2) is 11.5 Å². The molecular formula is C16H19N3O2S. The van der Waals surface area contributed by atoms with E-state index in [9.17, 15) is 0 Å². The molecule has 22 heavy (non-hydrogen) atoms. The van der Waals surface area contributed by atoms with E-state index in [2.05, 4.69) is 15.6 Å². The zero-order valence-electron chi connectivity index (χ0n) is 12.4. The summed E-state index contributed by atoms with van der Waals surface area (Å²) in [6.45, 7) is 5.67. The first-order valence-electron chi connectivity index (χ1n) is 7.66. The van der Waals surface area contributed by atoms with Crippen LogP contribution in [0.3, 0.4) is 0 Å². The molecular weight excluding hydrogens is 298 g/mol. The second kappa shape index (κ2) is 6.24. The molecule has 6 heteroatoms. The fourth-order valence-electron chi connectivity index (χ4n) is 2.83. The van der Waals surface area contributed by atoms with Gasteiger partial charge in [-0.1, -0.05) is 0 Å². The quantitative estimate of drug-likeness (QED) is 0.941. The molecule has 1 N–H and O–H groups in total. The molecule has 1 aromatic heterocycles. The van der Waals surface area contributed by atoms with Crippen molar-refractivity contribution in [3.63, 3.8) is 0 Å². The minimum Gasteiger partial charge on any atom is -0.454 e. The highest BCUT2D eigenvalue weighted by Gasteiger charge is 2.16. The molecule has 5 nitrogen and oxygen atoms in total. The molecule has 0 radical (unpaired) electrons. The van der Waals surface area contributed by atoms with E-state index in [1.54, 1.807) is 11.3 Å². The Morgan fingerprint density at radius 1 is 1.18 bits per heavy atom. The van der Waals surface area contributed by atoms with Gasteiger partial charge in [0.1, 0.15) is 5.01 Å². The number of ether oxygens (including phenoxy) is 2. The van der Waals surface area contributed by atoms with Crippen molar-refractivity contribution in [3.05, 3.63) is 29.3 Å². The SMILES string of the molecule is c1cc2c(cc1-c1nc(CN3CCCNCC3)cs1)OCO2. The Kier molecular flexibility index (Phi) is 3.97. The third-order valence-corrected chi connectivity index (χ3v) is 4.93. The summed E-state index contributed by atoms with van der Waals surface area (Å²) in [6.07, 6.45) is 1.21. The van der Waals surface area contributed by atoms with Crippen LogP contribution < -0.4 is 14.8 Å². The fraction of sp³-hybridized carbons (Fsp3) is 0.438. The number of nitrogens with one attached hydrogen (secondary N) is 1. The van der Waals surface area contributed by atoms with Gasteiger partial charge in [-0.25, -0.2) is 4.98 Å². The van der Waals surface area contributed by atoms with E-state index in [4.69, 9.17) is 14.5 Å². The first-order valence-corrected chi connectivity index (χ1v) is 8.54. The Bertz CT molecular complexity index is 651. The van der Waals surface area contributed by atoms with Crippen LogP contribution in [0.15, 0.2) is 23.6 Å². The lowest BCUT2D eigenvalue weighted by Crippen LogP contribution is -2.27. The molecule has 1 aromatic carbocycles. The Morgan fingerprint density at radius 3 is 3.14 bits per heavy atom. The van der Waals surface area contributed by atoms with E-state index in [-0.39, 0.29) is 0 Å². The second-order valence-electron chi connectivity index (χ2n) is 5.59. The molecule has 0 atom stereocenters. The first-order chi connectivity index (χ1) is 10.9. The Balaban J connectivity index is 1.49. The smallest absolute Gasteiger partial charge is 0.231 e.